The molecule has 0 atom stereocenters. The number of benzene rings is 2. The Kier molecular flexibility index (Phi) is 4.28. The summed E-state index contributed by atoms with van der Waals surface area (Å²) in [5.74, 6) is 0. The fourth-order valence-corrected chi connectivity index (χ4v) is 2.92. The quantitative estimate of drug-likeness (QED) is 0.736. The van der Waals surface area contributed by atoms with Crippen LogP contribution < -0.4 is 5.32 Å². The van der Waals surface area contributed by atoms with Gasteiger partial charge in [-0.1, -0.05) is 48.9 Å². The molecule has 0 unspecified atom stereocenters. The van der Waals surface area contributed by atoms with Crippen molar-refractivity contribution in [3.8, 4) is 0 Å². The number of rotatable bonds is 5. The number of hydrogen-bond acceptors (Lipinski definition) is 1. The fourth-order valence-electron chi connectivity index (χ4n) is 2.71. The van der Waals surface area contributed by atoms with Gasteiger partial charge in [0.25, 0.3) is 0 Å². The van der Waals surface area contributed by atoms with E-state index in [0.29, 0.717) is 0 Å². The van der Waals surface area contributed by atoms with E-state index in [9.17, 15) is 0 Å². The molecule has 21 heavy (non-hydrogen) atoms. The maximum atomic E-state index is 6.08. The lowest BCUT2D eigenvalue weighted by molar-refractivity contribution is 0.724. The summed E-state index contributed by atoms with van der Waals surface area (Å²) >= 11 is 6.08. The van der Waals surface area contributed by atoms with Crippen molar-refractivity contribution in [2.24, 2.45) is 0 Å². The van der Waals surface area contributed by atoms with Crippen molar-refractivity contribution in [3.63, 3.8) is 0 Å². The van der Waals surface area contributed by atoms with Crippen LogP contribution in [0.5, 0.6) is 0 Å². The molecule has 0 saturated carbocycles. The molecule has 0 aliphatic heterocycles. The minimum atomic E-state index is 0.789. The van der Waals surface area contributed by atoms with Crippen LogP contribution in [0.15, 0.2) is 54.7 Å². The SMILES string of the molecule is CCNCc1cccc2ccn(Cc3cccc(Cl)c3)c12. The lowest BCUT2D eigenvalue weighted by atomic mass is 10.1. The first-order chi connectivity index (χ1) is 10.3. The molecule has 0 aliphatic rings. The number of aromatic nitrogens is 1. The van der Waals surface area contributed by atoms with Gasteiger partial charge in [0, 0.05) is 24.3 Å². The van der Waals surface area contributed by atoms with Crippen LogP contribution in [-0.2, 0) is 13.1 Å². The highest BCUT2D eigenvalue weighted by Gasteiger charge is 2.07. The second-order valence-electron chi connectivity index (χ2n) is 5.21. The second kappa shape index (κ2) is 6.33. The number of para-hydroxylation sites is 1. The van der Waals surface area contributed by atoms with Gasteiger partial charge in [0.2, 0.25) is 0 Å². The van der Waals surface area contributed by atoms with Gasteiger partial charge in [-0.15, -0.1) is 0 Å². The van der Waals surface area contributed by atoms with Crippen LogP contribution in [0, 0.1) is 0 Å². The van der Waals surface area contributed by atoms with E-state index in [4.69, 9.17) is 11.6 Å². The third-order valence-corrected chi connectivity index (χ3v) is 3.91. The van der Waals surface area contributed by atoms with Crippen molar-refractivity contribution < 1.29 is 0 Å². The first-order valence-corrected chi connectivity index (χ1v) is 7.67. The number of nitrogens with one attached hydrogen (secondary N) is 1. The third-order valence-electron chi connectivity index (χ3n) is 3.68. The maximum absolute atomic E-state index is 6.08. The highest BCUT2D eigenvalue weighted by molar-refractivity contribution is 6.30. The predicted octanol–water partition coefficient (Wildman–Crippen LogP) is 4.45. The van der Waals surface area contributed by atoms with Gasteiger partial charge in [-0.25, -0.2) is 0 Å². The van der Waals surface area contributed by atoms with E-state index in [1.807, 2.05) is 18.2 Å². The van der Waals surface area contributed by atoms with E-state index in [0.717, 1.165) is 24.7 Å². The molecule has 3 rings (SSSR count). The van der Waals surface area contributed by atoms with E-state index in [1.165, 1.54) is 22.0 Å². The normalized spacial score (nSPS) is 11.1. The van der Waals surface area contributed by atoms with Crippen LogP contribution >= 0.6 is 11.6 Å². The Hall–Kier alpha value is -1.77. The van der Waals surface area contributed by atoms with Gasteiger partial charge in [0.05, 0.1) is 5.52 Å². The Balaban J connectivity index is 1.98. The lowest BCUT2D eigenvalue weighted by Crippen LogP contribution is -2.13. The standard InChI is InChI=1S/C18H19ClN2/c1-2-20-12-16-7-4-6-15-9-10-21(18(15)16)13-14-5-3-8-17(19)11-14/h3-11,20H,2,12-13H2,1H3. The molecule has 1 heterocycles. The minimum Gasteiger partial charge on any atom is -0.343 e. The Morgan fingerprint density at radius 1 is 1.10 bits per heavy atom. The first kappa shape index (κ1) is 14.2. The zero-order chi connectivity index (χ0) is 14.7. The topological polar surface area (TPSA) is 17.0 Å². The summed E-state index contributed by atoms with van der Waals surface area (Å²) < 4.78 is 2.30. The van der Waals surface area contributed by atoms with Gasteiger partial charge in [0.1, 0.15) is 0 Å². The summed E-state index contributed by atoms with van der Waals surface area (Å²) in [7, 11) is 0. The molecule has 2 aromatic carbocycles. The molecule has 0 bridgehead atoms. The molecule has 2 nitrogen and oxygen atoms in total. The molecule has 0 saturated heterocycles. The van der Waals surface area contributed by atoms with E-state index in [1.54, 1.807) is 0 Å². The second-order valence-corrected chi connectivity index (χ2v) is 5.65. The molecule has 0 fully saturated rings. The highest BCUT2D eigenvalue weighted by Crippen LogP contribution is 2.22. The zero-order valence-electron chi connectivity index (χ0n) is 12.1. The number of hydrogen-bond donors (Lipinski definition) is 1. The number of fused-ring (bicyclic) bond motifs is 1. The third kappa shape index (κ3) is 3.12. The number of halogens is 1. The summed E-state index contributed by atoms with van der Waals surface area (Å²) in [6.45, 7) is 4.84. The molecular formula is C18H19ClN2. The lowest BCUT2D eigenvalue weighted by Gasteiger charge is -2.11. The van der Waals surface area contributed by atoms with Crippen LogP contribution in [0.2, 0.25) is 5.02 Å². The van der Waals surface area contributed by atoms with E-state index in [-0.39, 0.29) is 0 Å². The van der Waals surface area contributed by atoms with Crippen LogP contribution in [0.1, 0.15) is 18.1 Å². The Bertz CT molecular complexity index is 746. The molecular weight excluding hydrogens is 280 g/mol. The monoisotopic (exact) mass is 298 g/mol. The smallest absolute Gasteiger partial charge is 0.0529 e. The highest BCUT2D eigenvalue weighted by atomic mass is 35.5. The minimum absolute atomic E-state index is 0.789. The van der Waals surface area contributed by atoms with Gasteiger partial charge < -0.3 is 9.88 Å². The van der Waals surface area contributed by atoms with Crippen molar-refractivity contribution in [1.29, 1.82) is 0 Å². The molecule has 3 heteroatoms. The molecule has 0 radical (unpaired) electrons. The van der Waals surface area contributed by atoms with Crippen molar-refractivity contribution in [2.75, 3.05) is 6.54 Å². The molecule has 1 N–H and O–H groups in total. The summed E-state index contributed by atoms with van der Waals surface area (Å²) in [6, 6.07) is 16.7. The first-order valence-electron chi connectivity index (χ1n) is 7.30. The van der Waals surface area contributed by atoms with E-state index in [2.05, 4.69) is 53.3 Å². The van der Waals surface area contributed by atoms with Gasteiger partial charge in [-0.2, -0.15) is 0 Å². The van der Waals surface area contributed by atoms with Crippen molar-refractivity contribution in [2.45, 2.75) is 20.0 Å². The summed E-state index contributed by atoms with van der Waals surface area (Å²) in [5, 5.41) is 5.49. The van der Waals surface area contributed by atoms with E-state index >= 15 is 0 Å². The molecule has 1 aromatic heterocycles. The van der Waals surface area contributed by atoms with Crippen molar-refractivity contribution >= 4 is 22.5 Å². The zero-order valence-corrected chi connectivity index (χ0v) is 12.9. The molecule has 0 spiro atoms. The average Bonchev–Trinajstić information content (AvgIpc) is 2.89. The fraction of sp³-hybridized carbons (Fsp3) is 0.222. The molecule has 0 aliphatic carbocycles. The van der Waals surface area contributed by atoms with Crippen molar-refractivity contribution in [1.82, 2.24) is 9.88 Å². The van der Waals surface area contributed by atoms with Gasteiger partial charge in [-0.3, -0.25) is 0 Å². The summed E-state index contributed by atoms with van der Waals surface area (Å²) in [5.41, 5.74) is 3.86. The Morgan fingerprint density at radius 2 is 1.95 bits per heavy atom. The molecule has 108 valence electrons. The van der Waals surface area contributed by atoms with Crippen LogP contribution in [-0.4, -0.2) is 11.1 Å². The van der Waals surface area contributed by atoms with Crippen LogP contribution in [0.25, 0.3) is 10.9 Å². The van der Waals surface area contributed by atoms with Gasteiger partial charge >= 0.3 is 0 Å². The largest absolute Gasteiger partial charge is 0.343 e. The Morgan fingerprint density at radius 3 is 2.76 bits per heavy atom. The summed E-state index contributed by atoms with van der Waals surface area (Å²) in [6.07, 6.45) is 2.15. The van der Waals surface area contributed by atoms with Crippen LogP contribution in [0.4, 0.5) is 0 Å². The van der Waals surface area contributed by atoms with Crippen molar-refractivity contribution in [3.05, 3.63) is 70.9 Å². The Labute approximate surface area is 130 Å². The van der Waals surface area contributed by atoms with Gasteiger partial charge in [-0.05, 0) is 41.3 Å². The van der Waals surface area contributed by atoms with Crippen LogP contribution in [0.3, 0.4) is 0 Å². The summed E-state index contributed by atoms with van der Waals surface area (Å²) in [4.78, 5) is 0. The molecule has 3 aromatic rings. The average molecular weight is 299 g/mol. The molecule has 0 amide bonds. The maximum Gasteiger partial charge on any atom is 0.0529 e. The van der Waals surface area contributed by atoms with Gasteiger partial charge in [0.15, 0.2) is 0 Å². The van der Waals surface area contributed by atoms with E-state index < -0.39 is 0 Å². The predicted molar refractivity (Wildman–Crippen MR) is 89.9 cm³/mol. The number of nitrogens with zero attached hydrogens (tertiary/aromatic N) is 1.